The summed E-state index contributed by atoms with van der Waals surface area (Å²) in [5, 5.41) is 14.1. The number of anilines is 1. The fourth-order valence-electron chi connectivity index (χ4n) is 2.58. The molecule has 8 heteroatoms. The predicted molar refractivity (Wildman–Crippen MR) is 122 cm³/mol. The van der Waals surface area contributed by atoms with Crippen molar-refractivity contribution in [2.75, 3.05) is 11.1 Å². The largest absolute Gasteiger partial charge is 0.351 e. The monoisotopic (exact) mass is 440 g/mol. The highest BCUT2D eigenvalue weighted by molar-refractivity contribution is 8.01. The molecule has 6 nitrogen and oxygen atoms in total. The van der Waals surface area contributed by atoms with Crippen LogP contribution in [0.5, 0.6) is 0 Å². The second kappa shape index (κ2) is 9.86. The third-order valence-electron chi connectivity index (χ3n) is 4.30. The zero-order chi connectivity index (χ0) is 21.6. The average molecular weight is 441 g/mol. The van der Waals surface area contributed by atoms with Crippen LogP contribution in [-0.2, 0) is 16.8 Å². The first-order valence-corrected chi connectivity index (χ1v) is 11.3. The zero-order valence-electron chi connectivity index (χ0n) is 17.1. The molecule has 0 spiro atoms. The molecule has 0 saturated carbocycles. The van der Waals surface area contributed by atoms with Crippen LogP contribution in [0, 0.1) is 0 Å². The quantitative estimate of drug-likeness (QED) is 0.418. The van der Waals surface area contributed by atoms with Gasteiger partial charge in [-0.25, -0.2) is 0 Å². The molecule has 1 aromatic heterocycles. The lowest BCUT2D eigenvalue weighted by Crippen LogP contribution is -2.24. The van der Waals surface area contributed by atoms with E-state index in [0.717, 1.165) is 5.56 Å². The number of hydrogen-bond donors (Lipinski definition) is 2. The fourth-order valence-corrected chi connectivity index (χ4v) is 4.16. The van der Waals surface area contributed by atoms with Crippen LogP contribution in [0.15, 0.2) is 58.9 Å². The van der Waals surface area contributed by atoms with Gasteiger partial charge in [-0.15, -0.1) is 10.2 Å². The molecule has 1 heterocycles. The molecule has 156 valence electrons. The second-order valence-corrected chi connectivity index (χ2v) is 9.91. The van der Waals surface area contributed by atoms with E-state index < -0.39 is 0 Å². The van der Waals surface area contributed by atoms with E-state index in [2.05, 4.69) is 41.6 Å². The third-order valence-corrected chi connectivity index (χ3v) is 6.27. The van der Waals surface area contributed by atoms with E-state index in [0.29, 0.717) is 21.6 Å². The van der Waals surface area contributed by atoms with Gasteiger partial charge < -0.3 is 5.32 Å². The van der Waals surface area contributed by atoms with Crippen molar-refractivity contribution in [2.45, 2.75) is 37.1 Å². The summed E-state index contributed by atoms with van der Waals surface area (Å²) < 4.78 is 0.628. The van der Waals surface area contributed by atoms with Crippen LogP contribution in [0.25, 0.3) is 0 Å². The van der Waals surface area contributed by atoms with E-state index in [4.69, 9.17) is 0 Å². The van der Waals surface area contributed by atoms with Crippen LogP contribution in [0.3, 0.4) is 0 Å². The van der Waals surface area contributed by atoms with Crippen LogP contribution in [0.2, 0.25) is 0 Å². The van der Waals surface area contributed by atoms with Gasteiger partial charge in [-0.2, -0.15) is 0 Å². The van der Waals surface area contributed by atoms with Crippen molar-refractivity contribution in [3.8, 4) is 0 Å². The highest BCUT2D eigenvalue weighted by Gasteiger charge is 2.15. The molecule has 2 amide bonds. The highest BCUT2D eigenvalue weighted by Crippen LogP contribution is 2.26. The van der Waals surface area contributed by atoms with Gasteiger partial charge in [0.1, 0.15) is 0 Å². The van der Waals surface area contributed by atoms with Crippen LogP contribution >= 0.6 is 23.1 Å². The number of rotatable bonds is 7. The Bertz CT molecular complexity index is 996. The van der Waals surface area contributed by atoms with Gasteiger partial charge in [0, 0.05) is 12.1 Å². The highest BCUT2D eigenvalue weighted by atomic mass is 32.2. The van der Waals surface area contributed by atoms with Crippen LogP contribution in [-0.4, -0.2) is 27.8 Å². The summed E-state index contributed by atoms with van der Waals surface area (Å²) in [6.45, 7) is 6.88. The van der Waals surface area contributed by atoms with E-state index in [1.807, 2.05) is 54.6 Å². The number of carbonyl (C=O) groups excluding carboxylic acids is 2. The first-order chi connectivity index (χ1) is 14.3. The van der Waals surface area contributed by atoms with Crippen LogP contribution < -0.4 is 10.6 Å². The summed E-state index contributed by atoms with van der Waals surface area (Å²) in [4.78, 5) is 24.4. The summed E-state index contributed by atoms with van der Waals surface area (Å²) in [7, 11) is 0. The zero-order valence-corrected chi connectivity index (χ0v) is 18.8. The number of thioether (sulfide) groups is 1. The summed E-state index contributed by atoms with van der Waals surface area (Å²) in [6.07, 6.45) is 0. The maximum absolute atomic E-state index is 12.4. The van der Waals surface area contributed by atoms with Crippen molar-refractivity contribution in [2.24, 2.45) is 0 Å². The molecule has 3 rings (SSSR count). The molecule has 0 aliphatic carbocycles. The van der Waals surface area contributed by atoms with Crippen LogP contribution in [0.1, 0.15) is 42.3 Å². The maximum atomic E-state index is 12.4. The lowest BCUT2D eigenvalue weighted by Gasteiger charge is -2.18. The Kier molecular flexibility index (Phi) is 7.23. The average Bonchev–Trinajstić information content (AvgIpc) is 3.18. The van der Waals surface area contributed by atoms with E-state index in [9.17, 15) is 9.59 Å². The first kappa shape index (κ1) is 22.0. The Hall–Kier alpha value is -2.71. The molecule has 0 unspecified atom stereocenters. The Labute approximate surface area is 184 Å². The number of nitrogens with zero attached hydrogens (tertiary/aromatic N) is 2. The number of nitrogens with one attached hydrogen (secondary N) is 2. The smallest absolute Gasteiger partial charge is 0.257 e. The third kappa shape index (κ3) is 6.40. The predicted octanol–water partition coefficient (Wildman–Crippen LogP) is 4.50. The standard InChI is InChI=1S/C22H24N4O2S2/c1-22(2,3)17-11-9-16(10-12-17)19(28)24-20-25-26-21(30-20)29-14-18(27)23-13-15-7-5-4-6-8-15/h4-12H,13-14H2,1-3H3,(H,23,27)(H,24,25,28). The Morgan fingerprint density at radius 1 is 1.00 bits per heavy atom. The molecular formula is C22H24N4O2S2. The summed E-state index contributed by atoms with van der Waals surface area (Å²) in [5.74, 6) is -0.0729. The Morgan fingerprint density at radius 2 is 1.70 bits per heavy atom. The number of aromatic nitrogens is 2. The number of amides is 2. The molecule has 30 heavy (non-hydrogen) atoms. The minimum absolute atomic E-state index is 0.0355. The van der Waals surface area contributed by atoms with E-state index >= 15 is 0 Å². The van der Waals surface area contributed by atoms with Crippen molar-refractivity contribution >= 4 is 40.0 Å². The van der Waals surface area contributed by atoms with Crippen LogP contribution in [0.4, 0.5) is 5.13 Å². The fraction of sp³-hybridized carbons (Fsp3) is 0.273. The molecule has 2 N–H and O–H groups in total. The van der Waals surface area contributed by atoms with E-state index in [-0.39, 0.29) is 23.0 Å². The van der Waals surface area contributed by atoms with Gasteiger partial charge in [0.25, 0.3) is 5.91 Å². The molecule has 0 radical (unpaired) electrons. The van der Waals surface area contributed by atoms with Gasteiger partial charge in [-0.05, 0) is 28.7 Å². The Balaban J connectivity index is 1.47. The number of carbonyl (C=O) groups is 2. The molecule has 3 aromatic rings. The van der Waals surface area contributed by atoms with Crippen molar-refractivity contribution < 1.29 is 9.59 Å². The second-order valence-electron chi connectivity index (χ2n) is 7.71. The molecule has 0 aliphatic rings. The van der Waals surface area contributed by atoms with Crippen molar-refractivity contribution in [1.82, 2.24) is 15.5 Å². The van der Waals surface area contributed by atoms with Gasteiger partial charge in [0.15, 0.2) is 4.34 Å². The SMILES string of the molecule is CC(C)(C)c1ccc(C(=O)Nc2nnc(SCC(=O)NCc3ccccc3)s2)cc1. The molecule has 0 aliphatic heterocycles. The molecule has 0 atom stereocenters. The number of hydrogen-bond acceptors (Lipinski definition) is 6. The lowest BCUT2D eigenvalue weighted by atomic mass is 9.87. The summed E-state index contributed by atoms with van der Waals surface area (Å²) >= 11 is 2.54. The van der Waals surface area contributed by atoms with E-state index in [1.165, 1.54) is 28.7 Å². The topological polar surface area (TPSA) is 84.0 Å². The molecular weight excluding hydrogens is 416 g/mol. The first-order valence-electron chi connectivity index (χ1n) is 9.50. The maximum Gasteiger partial charge on any atom is 0.257 e. The van der Waals surface area contributed by atoms with Crippen molar-refractivity contribution in [3.63, 3.8) is 0 Å². The van der Waals surface area contributed by atoms with Crippen molar-refractivity contribution in [1.29, 1.82) is 0 Å². The van der Waals surface area contributed by atoms with Gasteiger partial charge >= 0.3 is 0 Å². The molecule has 0 bridgehead atoms. The minimum Gasteiger partial charge on any atom is -0.351 e. The number of benzene rings is 2. The Morgan fingerprint density at radius 3 is 2.37 bits per heavy atom. The van der Waals surface area contributed by atoms with E-state index in [1.54, 1.807) is 0 Å². The molecule has 0 saturated heterocycles. The molecule has 0 fully saturated rings. The minimum atomic E-state index is -0.233. The van der Waals surface area contributed by atoms with Gasteiger partial charge in [0.2, 0.25) is 11.0 Å². The van der Waals surface area contributed by atoms with Gasteiger partial charge in [-0.1, -0.05) is 86.3 Å². The lowest BCUT2D eigenvalue weighted by molar-refractivity contribution is -0.118. The van der Waals surface area contributed by atoms with Gasteiger partial charge in [0.05, 0.1) is 5.75 Å². The van der Waals surface area contributed by atoms with Gasteiger partial charge in [-0.3, -0.25) is 14.9 Å². The molecule has 2 aromatic carbocycles. The summed E-state index contributed by atoms with van der Waals surface area (Å²) in [6, 6.07) is 17.3. The van der Waals surface area contributed by atoms with Crippen molar-refractivity contribution in [3.05, 3.63) is 71.3 Å². The summed E-state index contributed by atoms with van der Waals surface area (Å²) in [5.41, 5.74) is 2.81. The normalized spacial score (nSPS) is 11.2.